The molecule has 0 amide bonds. The molecule has 0 aliphatic carbocycles. The van der Waals surface area contributed by atoms with Gasteiger partial charge in [-0.05, 0) is 49.6 Å². The van der Waals surface area contributed by atoms with Crippen molar-refractivity contribution in [3.8, 4) is 0 Å². The van der Waals surface area contributed by atoms with Crippen LogP contribution in [0.3, 0.4) is 0 Å². The fourth-order valence-electron chi connectivity index (χ4n) is 3.03. The van der Waals surface area contributed by atoms with Gasteiger partial charge in [0.1, 0.15) is 11.4 Å². The predicted octanol–water partition coefficient (Wildman–Crippen LogP) is 7.02. The Kier molecular flexibility index (Phi) is 6.92. The van der Waals surface area contributed by atoms with Gasteiger partial charge in [-0.15, -0.1) is 0 Å². The fraction of sp³-hybridized carbons (Fsp3) is 0.304. The molecule has 2 aromatic carbocycles. The number of hydrogen-bond acceptors (Lipinski definition) is 4. The first-order valence-corrected chi connectivity index (χ1v) is 9.99. The number of aryl methyl sites for hydroxylation is 2. The lowest BCUT2D eigenvalue weighted by molar-refractivity contribution is -0.137. The van der Waals surface area contributed by atoms with Crippen LogP contribution >= 0.6 is 0 Å². The highest BCUT2D eigenvalue weighted by Gasteiger charge is 2.35. The van der Waals surface area contributed by atoms with Crippen molar-refractivity contribution >= 4 is 23.1 Å². The second-order valence-corrected chi connectivity index (χ2v) is 7.23. The van der Waals surface area contributed by atoms with Gasteiger partial charge in [-0.3, -0.25) is 0 Å². The summed E-state index contributed by atoms with van der Waals surface area (Å²) >= 11 is 0. The summed E-state index contributed by atoms with van der Waals surface area (Å²) in [7, 11) is 0. The van der Waals surface area contributed by atoms with Gasteiger partial charge in [-0.2, -0.15) is 18.2 Å². The Bertz CT molecular complexity index is 969. The summed E-state index contributed by atoms with van der Waals surface area (Å²) in [5, 5.41) is 5.79. The smallest absolute Gasteiger partial charge is 0.340 e. The van der Waals surface area contributed by atoms with Gasteiger partial charge in [0.15, 0.2) is 0 Å². The van der Waals surface area contributed by atoms with Crippen molar-refractivity contribution in [2.45, 2.75) is 45.7 Å². The topological polar surface area (TPSA) is 49.8 Å². The van der Waals surface area contributed by atoms with Crippen molar-refractivity contribution < 1.29 is 13.2 Å². The number of nitrogens with one attached hydrogen (secondary N) is 2. The molecule has 0 aliphatic rings. The third-order valence-corrected chi connectivity index (χ3v) is 4.66. The Morgan fingerprint density at radius 3 is 2.40 bits per heavy atom. The largest absolute Gasteiger partial charge is 0.421 e. The maximum Gasteiger partial charge on any atom is 0.421 e. The minimum Gasteiger partial charge on any atom is -0.340 e. The number of hydrogen-bond donors (Lipinski definition) is 2. The molecule has 0 radical (unpaired) electrons. The van der Waals surface area contributed by atoms with Crippen molar-refractivity contribution in [1.82, 2.24) is 9.97 Å². The van der Waals surface area contributed by atoms with Gasteiger partial charge >= 0.3 is 6.18 Å². The molecule has 3 rings (SSSR count). The molecule has 0 saturated carbocycles. The van der Waals surface area contributed by atoms with Crippen molar-refractivity contribution in [2.75, 3.05) is 10.6 Å². The lowest BCUT2D eigenvalue weighted by atomic mass is 10.1. The molecule has 7 heteroatoms. The summed E-state index contributed by atoms with van der Waals surface area (Å²) < 4.78 is 40.5. The lowest BCUT2D eigenvalue weighted by Gasteiger charge is -2.15. The normalized spacial score (nSPS) is 11.4. The average molecular weight is 414 g/mol. The first-order chi connectivity index (χ1) is 14.3. The highest BCUT2D eigenvalue weighted by atomic mass is 19.4. The summed E-state index contributed by atoms with van der Waals surface area (Å²) in [6, 6.07) is 14.9. The molecule has 4 nitrogen and oxygen atoms in total. The molecule has 0 bridgehead atoms. The second kappa shape index (κ2) is 9.61. The van der Waals surface area contributed by atoms with Gasteiger partial charge in [-0.25, -0.2) is 4.98 Å². The minimum absolute atomic E-state index is 0.0912. The first kappa shape index (κ1) is 21.6. The Morgan fingerprint density at radius 2 is 1.70 bits per heavy atom. The number of benzene rings is 2. The number of alkyl halides is 3. The highest BCUT2D eigenvalue weighted by molar-refractivity contribution is 5.63. The standard InChI is InChI=1S/C23H25F3N4/c1-3-4-5-7-17-8-6-9-19(14-17)28-21-20(23(24,25)26)15-27-22(30-21)29-18-12-10-16(2)11-13-18/h6,8-15H,3-5,7H2,1-2H3,(H2,27,28,29,30). The first-order valence-electron chi connectivity index (χ1n) is 9.99. The molecule has 0 aliphatic heterocycles. The predicted molar refractivity (Wildman–Crippen MR) is 114 cm³/mol. The van der Waals surface area contributed by atoms with E-state index >= 15 is 0 Å². The van der Waals surface area contributed by atoms with Gasteiger partial charge in [0.05, 0.1) is 0 Å². The van der Waals surface area contributed by atoms with Crippen LogP contribution in [0, 0.1) is 6.92 Å². The Balaban J connectivity index is 1.86. The summed E-state index contributed by atoms with van der Waals surface area (Å²) in [4.78, 5) is 7.95. The Labute approximate surface area is 174 Å². The van der Waals surface area contributed by atoms with E-state index in [9.17, 15) is 13.2 Å². The van der Waals surface area contributed by atoms with E-state index in [4.69, 9.17) is 0 Å². The van der Waals surface area contributed by atoms with Crippen molar-refractivity contribution in [1.29, 1.82) is 0 Å². The Morgan fingerprint density at radius 1 is 0.933 bits per heavy atom. The molecule has 30 heavy (non-hydrogen) atoms. The van der Waals surface area contributed by atoms with Crippen LogP contribution in [0.4, 0.5) is 36.3 Å². The summed E-state index contributed by atoms with van der Waals surface area (Å²) in [5.41, 5.74) is 2.51. The summed E-state index contributed by atoms with van der Waals surface area (Å²) in [6.07, 6.45) is 0.409. The molecular weight excluding hydrogens is 389 g/mol. The zero-order valence-electron chi connectivity index (χ0n) is 17.1. The summed E-state index contributed by atoms with van der Waals surface area (Å²) in [6.45, 7) is 4.09. The molecule has 0 atom stereocenters. The number of anilines is 4. The quantitative estimate of drug-likeness (QED) is 0.389. The monoisotopic (exact) mass is 414 g/mol. The van der Waals surface area contributed by atoms with Gasteiger partial charge in [0, 0.05) is 17.6 Å². The van der Waals surface area contributed by atoms with E-state index in [1.54, 1.807) is 6.07 Å². The van der Waals surface area contributed by atoms with Gasteiger partial charge in [-0.1, -0.05) is 49.6 Å². The number of halogens is 3. The Hall–Kier alpha value is -3.09. The molecule has 1 aromatic heterocycles. The highest BCUT2D eigenvalue weighted by Crippen LogP contribution is 2.35. The van der Waals surface area contributed by atoms with Crippen molar-refractivity contribution in [2.24, 2.45) is 0 Å². The molecular formula is C23H25F3N4. The molecule has 3 aromatic rings. The molecule has 0 saturated heterocycles. The van der Waals surface area contributed by atoms with E-state index in [-0.39, 0.29) is 11.8 Å². The van der Waals surface area contributed by atoms with Crippen LogP contribution in [0.25, 0.3) is 0 Å². The fourth-order valence-corrected chi connectivity index (χ4v) is 3.03. The second-order valence-electron chi connectivity index (χ2n) is 7.23. The zero-order chi connectivity index (χ0) is 21.6. The number of rotatable bonds is 8. The van der Waals surface area contributed by atoms with Crippen LogP contribution in [0.1, 0.15) is 42.9 Å². The van der Waals surface area contributed by atoms with E-state index in [0.717, 1.165) is 43.0 Å². The van der Waals surface area contributed by atoms with Crippen molar-refractivity contribution in [3.63, 3.8) is 0 Å². The molecule has 0 spiro atoms. The van der Waals surface area contributed by atoms with E-state index in [2.05, 4.69) is 27.5 Å². The number of nitrogens with zero attached hydrogens (tertiary/aromatic N) is 2. The molecule has 0 unspecified atom stereocenters. The van der Waals surface area contributed by atoms with Crippen LogP contribution in [-0.2, 0) is 12.6 Å². The SMILES string of the molecule is CCCCCc1cccc(Nc2nc(Nc3ccc(C)cc3)ncc2C(F)(F)F)c1. The zero-order valence-corrected chi connectivity index (χ0v) is 17.1. The maximum absolute atomic E-state index is 13.5. The van der Waals surface area contributed by atoms with Crippen LogP contribution in [0.5, 0.6) is 0 Å². The lowest BCUT2D eigenvalue weighted by Crippen LogP contribution is -2.12. The molecule has 0 fully saturated rings. The number of aromatic nitrogens is 2. The van der Waals surface area contributed by atoms with Crippen LogP contribution < -0.4 is 10.6 Å². The van der Waals surface area contributed by atoms with E-state index in [1.807, 2.05) is 49.4 Å². The molecule has 2 N–H and O–H groups in total. The third kappa shape index (κ3) is 5.95. The van der Waals surface area contributed by atoms with Crippen LogP contribution in [0.2, 0.25) is 0 Å². The maximum atomic E-state index is 13.5. The number of unbranched alkanes of at least 4 members (excludes halogenated alkanes) is 2. The van der Waals surface area contributed by atoms with Crippen LogP contribution in [0.15, 0.2) is 54.7 Å². The third-order valence-electron chi connectivity index (χ3n) is 4.66. The van der Waals surface area contributed by atoms with Gasteiger partial charge < -0.3 is 10.6 Å². The van der Waals surface area contributed by atoms with Crippen LogP contribution in [-0.4, -0.2) is 9.97 Å². The van der Waals surface area contributed by atoms with Gasteiger partial charge in [0.2, 0.25) is 5.95 Å². The summed E-state index contributed by atoms with van der Waals surface area (Å²) in [5.74, 6) is -0.189. The van der Waals surface area contributed by atoms with E-state index in [1.165, 1.54) is 0 Å². The van der Waals surface area contributed by atoms with Gasteiger partial charge in [0.25, 0.3) is 0 Å². The minimum atomic E-state index is -4.57. The average Bonchev–Trinajstić information content (AvgIpc) is 2.70. The molecule has 1 heterocycles. The van der Waals surface area contributed by atoms with E-state index < -0.39 is 11.7 Å². The molecule has 158 valence electrons. The van der Waals surface area contributed by atoms with E-state index in [0.29, 0.717) is 11.4 Å². The van der Waals surface area contributed by atoms with Crippen molar-refractivity contribution in [3.05, 3.63) is 71.4 Å².